The minimum Gasteiger partial charge on any atom is -0.316 e. The highest BCUT2D eigenvalue weighted by atomic mass is 32.1. The Balaban J connectivity index is 1.78. The van der Waals surface area contributed by atoms with Crippen molar-refractivity contribution in [3.05, 3.63) is 22.4 Å². The molecule has 0 spiro atoms. The monoisotopic (exact) mass is 252 g/mol. The van der Waals surface area contributed by atoms with Gasteiger partial charge in [0.25, 0.3) is 0 Å². The molecule has 2 nitrogen and oxygen atoms in total. The summed E-state index contributed by atoms with van der Waals surface area (Å²) in [6.07, 6.45) is 3.83. The van der Waals surface area contributed by atoms with Gasteiger partial charge in [0.05, 0.1) is 0 Å². The number of likely N-dealkylation sites (N-methyl/N-ethyl adjacent to an activating group) is 1. The molecule has 0 radical (unpaired) electrons. The molecule has 1 aliphatic heterocycles. The molecule has 1 N–H and O–H groups in total. The van der Waals surface area contributed by atoms with Crippen LogP contribution in [0.5, 0.6) is 0 Å². The summed E-state index contributed by atoms with van der Waals surface area (Å²) in [4.78, 5) is 4.02. The average molecular weight is 252 g/mol. The molecule has 1 unspecified atom stereocenters. The SMILES string of the molecule is CCC1(CN(C)CCc2cccs2)CCNC1. The quantitative estimate of drug-likeness (QED) is 0.837. The minimum absolute atomic E-state index is 0.532. The fourth-order valence-corrected chi connectivity index (χ4v) is 3.45. The van der Waals surface area contributed by atoms with E-state index in [-0.39, 0.29) is 0 Å². The molecule has 2 heterocycles. The lowest BCUT2D eigenvalue weighted by atomic mass is 9.84. The Kier molecular flexibility index (Phi) is 4.60. The van der Waals surface area contributed by atoms with Gasteiger partial charge in [0.2, 0.25) is 0 Å². The van der Waals surface area contributed by atoms with Gasteiger partial charge in [-0.2, -0.15) is 0 Å². The van der Waals surface area contributed by atoms with E-state index < -0.39 is 0 Å². The summed E-state index contributed by atoms with van der Waals surface area (Å²) in [5, 5.41) is 5.68. The molecule has 0 bridgehead atoms. The number of hydrogen-bond acceptors (Lipinski definition) is 3. The highest BCUT2D eigenvalue weighted by molar-refractivity contribution is 7.09. The lowest BCUT2D eigenvalue weighted by Gasteiger charge is -2.32. The van der Waals surface area contributed by atoms with Gasteiger partial charge in [-0.1, -0.05) is 13.0 Å². The van der Waals surface area contributed by atoms with Crippen LogP contribution in [0.25, 0.3) is 0 Å². The van der Waals surface area contributed by atoms with E-state index in [0.29, 0.717) is 5.41 Å². The Labute approximate surface area is 109 Å². The van der Waals surface area contributed by atoms with Crippen molar-refractivity contribution in [1.29, 1.82) is 0 Å². The van der Waals surface area contributed by atoms with E-state index >= 15 is 0 Å². The predicted octanol–water partition coefficient (Wildman–Crippen LogP) is 2.61. The minimum atomic E-state index is 0.532. The number of rotatable bonds is 6. The summed E-state index contributed by atoms with van der Waals surface area (Å²) >= 11 is 1.87. The van der Waals surface area contributed by atoms with Crippen molar-refractivity contribution in [1.82, 2.24) is 10.2 Å². The highest BCUT2D eigenvalue weighted by Crippen LogP contribution is 2.30. The number of hydrogen-bond donors (Lipinski definition) is 1. The molecule has 2 rings (SSSR count). The third-order valence-electron chi connectivity index (χ3n) is 4.01. The van der Waals surface area contributed by atoms with Crippen LogP contribution in [0.4, 0.5) is 0 Å². The van der Waals surface area contributed by atoms with Gasteiger partial charge in [-0.3, -0.25) is 0 Å². The molecular weight excluding hydrogens is 228 g/mol. The van der Waals surface area contributed by atoms with Gasteiger partial charge in [-0.25, -0.2) is 0 Å². The average Bonchev–Trinajstić information content (AvgIpc) is 2.98. The fraction of sp³-hybridized carbons (Fsp3) is 0.714. The van der Waals surface area contributed by atoms with E-state index in [0.717, 1.165) is 0 Å². The number of nitrogens with zero attached hydrogens (tertiary/aromatic N) is 1. The Hall–Kier alpha value is -0.380. The van der Waals surface area contributed by atoms with Gasteiger partial charge < -0.3 is 10.2 Å². The van der Waals surface area contributed by atoms with Crippen molar-refractivity contribution in [2.24, 2.45) is 5.41 Å². The summed E-state index contributed by atoms with van der Waals surface area (Å²) in [6, 6.07) is 4.39. The Bertz CT molecular complexity index is 315. The Morgan fingerprint density at radius 1 is 1.53 bits per heavy atom. The van der Waals surface area contributed by atoms with Crippen molar-refractivity contribution in [3.8, 4) is 0 Å². The normalized spacial score (nSPS) is 24.6. The summed E-state index contributed by atoms with van der Waals surface area (Å²) in [5.41, 5.74) is 0.532. The van der Waals surface area contributed by atoms with E-state index in [1.165, 1.54) is 50.3 Å². The van der Waals surface area contributed by atoms with Crippen LogP contribution >= 0.6 is 11.3 Å². The lowest BCUT2D eigenvalue weighted by Crippen LogP contribution is -2.37. The molecule has 1 atom stereocenters. The molecule has 96 valence electrons. The van der Waals surface area contributed by atoms with Gasteiger partial charge >= 0.3 is 0 Å². The van der Waals surface area contributed by atoms with E-state index in [1.807, 2.05) is 11.3 Å². The maximum Gasteiger partial charge on any atom is 0.00579 e. The van der Waals surface area contributed by atoms with Gasteiger partial charge in [0.15, 0.2) is 0 Å². The first-order chi connectivity index (χ1) is 8.24. The van der Waals surface area contributed by atoms with Gasteiger partial charge in [0, 0.05) is 24.5 Å². The second kappa shape index (κ2) is 5.98. The highest BCUT2D eigenvalue weighted by Gasteiger charge is 2.32. The molecule has 17 heavy (non-hydrogen) atoms. The van der Waals surface area contributed by atoms with Gasteiger partial charge in [-0.15, -0.1) is 11.3 Å². The molecule has 0 saturated carbocycles. The Morgan fingerprint density at radius 3 is 3.00 bits per heavy atom. The molecule has 0 amide bonds. The van der Waals surface area contributed by atoms with Crippen LogP contribution in [0.15, 0.2) is 17.5 Å². The molecule has 1 saturated heterocycles. The van der Waals surface area contributed by atoms with Crippen LogP contribution in [-0.4, -0.2) is 38.1 Å². The molecule has 3 heteroatoms. The van der Waals surface area contributed by atoms with Crippen LogP contribution in [0, 0.1) is 5.41 Å². The van der Waals surface area contributed by atoms with Crippen molar-refractivity contribution in [2.75, 3.05) is 33.2 Å². The fourth-order valence-electron chi connectivity index (χ4n) is 2.75. The third kappa shape index (κ3) is 3.54. The van der Waals surface area contributed by atoms with Crippen LogP contribution in [0.2, 0.25) is 0 Å². The zero-order valence-electron chi connectivity index (χ0n) is 11.0. The maximum absolute atomic E-state index is 3.51. The standard InChI is InChI=1S/C14H24N2S/c1-3-14(7-8-15-11-14)12-16(2)9-6-13-5-4-10-17-13/h4-5,10,15H,3,6-9,11-12H2,1-2H3. The number of nitrogens with one attached hydrogen (secondary N) is 1. The van der Waals surface area contributed by atoms with Crippen molar-refractivity contribution in [3.63, 3.8) is 0 Å². The van der Waals surface area contributed by atoms with E-state index in [2.05, 4.69) is 41.7 Å². The molecule has 1 aliphatic rings. The second-order valence-electron chi connectivity index (χ2n) is 5.35. The molecule has 0 aromatic carbocycles. The van der Waals surface area contributed by atoms with Crippen LogP contribution in [0.3, 0.4) is 0 Å². The van der Waals surface area contributed by atoms with E-state index in [4.69, 9.17) is 0 Å². The molecular formula is C14H24N2S. The number of thiophene rings is 1. The predicted molar refractivity (Wildman–Crippen MR) is 75.7 cm³/mol. The van der Waals surface area contributed by atoms with Gasteiger partial charge in [-0.05, 0) is 49.7 Å². The molecule has 1 aromatic rings. The van der Waals surface area contributed by atoms with E-state index in [1.54, 1.807) is 0 Å². The smallest absolute Gasteiger partial charge is 0.00579 e. The van der Waals surface area contributed by atoms with E-state index in [9.17, 15) is 0 Å². The zero-order valence-corrected chi connectivity index (χ0v) is 11.9. The molecule has 1 aromatic heterocycles. The lowest BCUT2D eigenvalue weighted by molar-refractivity contribution is 0.186. The van der Waals surface area contributed by atoms with Crippen molar-refractivity contribution < 1.29 is 0 Å². The van der Waals surface area contributed by atoms with Gasteiger partial charge in [0.1, 0.15) is 0 Å². The van der Waals surface area contributed by atoms with Crippen molar-refractivity contribution in [2.45, 2.75) is 26.2 Å². The third-order valence-corrected chi connectivity index (χ3v) is 4.94. The first-order valence-electron chi connectivity index (χ1n) is 6.66. The van der Waals surface area contributed by atoms with Crippen LogP contribution < -0.4 is 5.32 Å². The first kappa shape index (κ1) is 13.1. The molecule has 0 aliphatic carbocycles. The van der Waals surface area contributed by atoms with Crippen LogP contribution in [0.1, 0.15) is 24.6 Å². The summed E-state index contributed by atoms with van der Waals surface area (Å²) in [7, 11) is 2.27. The first-order valence-corrected chi connectivity index (χ1v) is 7.54. The topological polar surface area (TPSA) is 15.3 Å². The summed E-state index contributed by atoms with van der Waals surface area (Å²) in [6.45, 7) is 7.16. The Morgan fingerprint density at radius 2 is 2.41 bits per heavy atom. The summed E-state index contributed by atoms with van der Waals surface area (Å²) < 4.78 is 0. The second-order valence-corrected chi connectivity index (χ2v) is 6.38. The maximum atomic E-state index is 3.51. The zero-order chi connectivity index (χ0) is 12.1. The van der Waals surface area contributed by atoms with Crippen molar-refractivity contribution >= 4 is 11.3 Å². The largest absolute Gasteiger partial charge is 0.316 e. The molecule has 1 fully saturated rings. The van der Waals surface area contributed by atoms with Crippen LogP contribution in [-0.2, 0) is 6.42 Å². The summed E-state index contributed by atoms with van der Waals surface area (Å²) in [5.74, 6) is 0.